The monoisotopic (exact) mass is 562 g/mol. The summed E-state index contributed by atoms with van der Waals surface area (Å²) in [6.45, 7) is -0.386. The number of aliphatic carboxylic acids is 1. The molecule has 4 aromatic rings. The molecule has 3 N–H and O–H groups in total. The van der Waals surface area contributed by atoms with Crippen LogP contribution in [-0.2, 0) is 33.5 Å². The van der Waals surface area contributed by atoms with Crippen molar-refractivity contribution in [2.24, 2.45) is 0 Å². The van der Waals surface area contributed by atoms with Crippen LogP contribution in [0.3, 0.4) is 0 Å². The lowest BCUT2D eigenvalue weighted by molar-refractivity contribution is -0.156. The van der Waals surface area contributed by atoms with E-state index in [1.807, 2.05) is 36.4 Å². The Hall–Kier alpha value is -3.85. The molecule has 1 unspecified atom stereocenters. The number of ether oxygens (including phenoxy) is 2. The van der Waals surface area contributed by atoms with Crippen molar-refractivity contribution in [1.29, 1.82) is 0 Å². The summed E-state index contributed by atoms with van der Waals surface area (Å²) in [7, 11) is 0. The molecule has 2 aromatic carbocycles. The first-order valence-corrected chi connectivity index (χ1v) is 13.0. The fourth-order valence-electron chi connectivity index (χ4n) is 4.78. The first-order chi connectivity index (χ1) is 19.3. The van der Waals surface area contributed by atoms with Crippen molar-refractivity contribution in [3.8, 4) is 12.3 Å². The van der Waals surface area contributed by atoms with E-state index in [-0.39, 0.29) is 18.3 Å². The van der Waals surface area contributed by atoms with Crippen LogP contribution < -0.4 is 0 Å². The molecule has 206 valence electrons. The second-order valence-electron chi connectivity index (χ2n) is 9.53. The number of aryl methyl sites for hydroxylation is 2. The van der Waals surface area contributed by atoms with Crippen molar-refractivity contribution in [2.75, 3.05) is 6.61 Å². The van der Waals surface area contributed by atoms with Crippen molar-refractivity contribution in [3.05, 3.63) is 89.1 Å². The van der Waals surface area contributed by atoms with E-state index >= 15 is 0 Å². The number of hydrogen-bond donors (Lipinski definition) is 3. The summed E-state index contributed by atoms with van der Waals surface area (Å²) in [5.74, 6) is 1.02. The molecule has 0 aliphatic carbocycles. The Kier molecular flexibility index (Phi) is 8.12. The fourth-order valence-corrected chi connectivity index (χ4v) is 4.96. The average Bonchev–Trinajstić information content (AvgIpc) is 3.49. The summed E-state index contributed by atoms with van der Waals surface area (Å²) < 4.78 is 13.1. The summed E-state index contributed by atoms with van der Waals surface area (Å²) >= 11 is 6.25. The number of hydrogen-bond acceptors (Lipinski definition) is 8. The van der Waals surface area contributed by atoms with Crippen molar-refractivity contribution in [1.82, 2.24) is 19.5 Å². The highest BCUT2D eigenvalue weighted by atomic mass is 35.5. The number of rotatable bonds is 10. The molecule has 0 bridgehead atoms. The van der Waals surface area contributed by atoms with Gasteiger partial charge in [0.15, 0.2) is 23.6 Å². The van der Waals surface area contributed by atoms with Gasteiger partial charge in [0.1, 0.15) is 17.7 Å². The molecule has 1 fully saturated rings. The molecule has 11 heteroatoms. The number of carboxylic acids is 1. The molecule has 0 radical (unpaired) electrons. The van der Waals surface area contributed by atoms with Crippen LogP contribution in [0, 0.1) is 12.3 Å². The van der Waals surface area contributed by atoms with Crippen LogP contribution in [0.5, 0.6) is 0 Å². The van der Waals surface area contributed by atoms with Gasteiger partial charge in [-0.2, -0.15) is 4.98 Å². The number of fused-ring (bicyclic) bond motifs is 1. The van der Waals surface area contributed by atoms with Crippen LogP contribution in [0.1, 0.15) is 23.0 Å². The lowest BCUT2D eigenvalue weighted by atomic mass is 9.93. The molecule has 1 saturated heterocycles. The number of aliphatic hydroxyl groups is 2. The highest BCUT2D eigenvalue weighted by Gasteiger charge is 2.56. The first-order valence-electron chi connectivity index (χ1n) is 12.6. The maximum atomic E-state index is 11.9. The van der Waals surface area contributed by atoms with Gasteiger partial charge in [-0.25, -0.2) is 14.8 Å². The van der Waals surface area contributed by atoms with E-state index in [1.165, 1.54) is 10.9 Å². The number of carbonyl (C=O) groups is 1. The third kappa shape index (κ3) is 5.56. The number of halogens is 1. The normalized spacial score (nSPS) is 23.2. The number of carboxylic acid groups (broad SMARTS) is 1. The van der Waals surface area contributed by atoms with Gasteiger partial charge in [0, 0.05) is 6.42 Å². The molecule has 3 heterocycles. The SMILES string of the molecule is C#C[C@@]1(O)[C@@H](COC(Cc2ccccc2)C(=O)O)O[C@@H](n2cnc3c(CCc4ccccc4)nc(Cl)nc32)[C@@H]1O. The van der Waals surface area contributed by atoms with Gasteiger partial charge in [0.2, 0.25) is 5.28 Å². The Balaban J connectivity index is 1.37. The summed E-state index contributed by atoms with van der Waals surface area (Å²) in [4.78, 5) is 24.9. The average molecular weight is 563 g/mol. The summed E-state index contributed by atoms with van der Waals surface area (Å²) in [6, 6.07) is 18.9. The maximum Gasteiger partial charge on any atom is 0.333 e. The summed E-state index contributed by atoms with van der Waals surface area (Å²) in [5, 5.41) is 32.0. The largest absolute Gasteiger partial charge is 0.479 e. The number of aliphatic hydroxyl groups excluding tert-OH is 1. The zero-order chi connectivity index (χ0) is 28.3. The Bertz CT molecular complexity index is 1530. The number of imidazole rings is 1. The number of benzene rings is 2. The Labute approximate surface area is 235 Å². The van der Waals surface area contributed by atoms with Crippen LogP contribution >= 0.6 is 11.6 Å². The zero-order valence-corrected chi connectivity index (χ0v) is 22.1. The van der Waals surface area contributed by atoms with Crippen molar-refractivity contribution >= 4 is 28.7 Å². The predicted molar refractivity (Wildman–Crippen MR) is 145 cm³/mol. The minimum atomic E-state index is -2.18. The molecule has 5 rings (SSSR count). The van der Waals surface area contributed by atoms with Gasteiger partial charge in [-0.3, -0.25) is 4.57 Å². The lowest BCUT2D eigenvalue weighted by Gasteiger charge is -2.26. The van der Waals surface area contributed by atoms with Gasteiger partial charge < -0.3 is 24.8 Å². The molecule has 5 atom stereocenters. The van der Waals surface area contributed by atoms with Crippen molar-refractivity contribution < 1.29 is 29.6 Å². The smallest absolute Gasteiger partial charge is 0.333 e. The second kappa shape index (κ2) is 11.7. The molecular weight excluding hydrogens is 536 g/mol. The van der Waals surface area contributed by atoms with Crippen molar-refractivity contribution in [3.63, 3.8) is 0 Å². The predicted octanol–water partition coefficient (Wildman–Crippen LogP) is 2.60. The standard InChI is InChI=1S/C29H27ClN4O6/c1-2-29(38)22(16-39-21(27(36)37)15-19-11-7-4-8-12-19)40-26(24(29)35)34-17-31-23-20(32-28(30)33-25(23)34)14-13-18-9-5-3-6-10-18/h1,3-12,17,21-22,24,26,35,38H,13-16H2,(H,36,37)/t21?,22-,24+,26-,29-/m1/s1. The molecule has 0 amide bonds. The summed E-state index contributed by atoms with van der Waals surface area (Å²) in [6.07, 6.45) is 3.08. The first kappa shape index (κ1) is 27.7. The van der Waals surface area contributed by atoms with Gasteiger partial charge >= 0.3 is 5.97 Å². The molecule has 0 saturated carbocycles. The zero-order valence-electron chi connectivity index (χ0n) is 21.3. The van der Waals surface area contributed by atoms with Gasteiger partial charge in [-0.1, -0.05) is 66.6 Å². The second-order valence-corrected chi connectivity index (χ2v) is 9.87. The quantitative estimate of drug-likeness (QED) is 0.196. The molecule has 0 spiro atoms. The highest BCUT2D eigenvalue weighted by molar-refractivity contribution is 6.28. The maximum absolute atomic E-state index is 11.9. The van der Waals surface area contributed by atoms with E-state index in [0.29, 0.717) is 29.7 Å². The van der Waals surface area contributed by atoms with E-state index in [1.54, 1.807) is 24.3 Å². The Morgan fingerprint density at radius 3 is 2.45 bits per heavy atom. The van der Waals surface area contributed by atoms with Crippen LogP contribution in [0.25, 0.3) is 11.2 Å². The third-order valence-electron chi connectivity index (χ3n) is 6.97. The number of terminal acetylenes is 1. The van der Waals surface area contributed by atoms with Crippen LogP contribution in [0.4, 0.5) is 0 Å². The van der Waals surface area contributed by atoms with E-state index in [9.17, 15) is 20.1 Å². The molecule has 1 aliphatic heterocycles. The topological polar surface area (TPSA) is 140 Å². The van der Waals surface area contributed by atoms with Gasteiger partial charge in [0.25, 0.3) is 0 Å². The van der Waals surface area contributed by atoms with Gasteiger partial charge in [-0.15, -0.1) is 6.42 Å². The summed E-state index contributed by atoms with van der Waals surface area (Å²) in [5.41, 5.74) is 1.08. The van der Waals surface area contributed by atoms with Crippen LogP contribution in [0.15, 0.2) is 67.0 Å². The van der Waals surface area contributed by atoms with Gasteiger partial charge in [-0.05, 0) is 35.6 Å². The van der Waals surface area contributed by atoms with E-state index in [2.05, 4.69) is 20.9 Å². The molecule has 10 nitrogen and oxygen atoms in total. The van der Waals surface area contributed by atoms with E-state index < -0.39 is 36.1 Å². The lowest BCUT2D eigenvalue weighted by Crippen LogP contribution is -2.48. The number of nitrogens with zero attached hydrogens (tertiary/aromatic N) is 4. The Morgan fingerprint density at radius 1 is 1.12 bits per heavy atom. The van der Waals surface area contributed by atoms with Gasteiger partial charge in [0.05, 0.1) is 18.6 Å². The fraction of sp³-hybridized carbons (Fsp3) is 0.310. The minimum Gasteiger partial charge on any atom is -0.479 e. The minimum absolute atomic E-state index is 0.0119. The third-order valence-corrected chi connectivity index (χ3v) is 7.14. The van der Waals surface area contributed by atoms with Crippen molar-refractivity contribution in [2.45, 2.75) is 49.4 Å². The highest BCUT2D eigenvalue weighted by Crippen LogP contribution is 2.39. The van der Waals surface area contributed by atoms with E-state index in [4.69, 9.17) is 27.5 Å². The molecule has 1 aliphatic rings. The van der Waals surface area contributed by atoms with E-state index in [0.717, 1.165) is 11.1 Å². The molecular formula is C29H27ClN4O6. The number of aromatic nitrogens is 4. The van der Waals surface area contributed by atoms with Crippen LogP contribution in [0.2, 0.25) is 5.28 Å². The molecule has 2 aromatic heterocycles. The van der Waals surface area contributed by atoms with Crippen LogP contribution in [-0.4, -0.2) is 71.3 Å². The molecule has 40 heavy (non-hydrogen) atoms. The Morgan fingerprint density at radius 2 is 1.80 bits per heavy atom.